The number of phenolic OH excluding ortho intramolecular Hbond substituents is 1. The minimum Gasteiger partial charge on any atom is -0.507 e. The number of aldehydes is 1. The van der Waals surface area contributed by atoms with Crippen molar-refractivity contribution in [2.75, 3.05) is 0 Å². The van der Waals surface area contributed by atoms with Gasteiger partial charge < -0.3 is 5.11 Å². The number of hydrogen-bond acceptors (Lipinski definition) is 2. The molecule has 2 nitrogen and oxygen atoms in total. The molecule has 11 heavy (non-hydrogen) atoms. The van der Waals surface area contributed by atoms with Crippen LogP contribution in [-0.4, -0.2) is 11.4 Å². The highest BCUT2D eigenvalue weighted by Crippen LogP contribution is 2.18. The Hall–Kier alpha value is -1.31. The normalized spacial score (nSPS) is 9.55. The number of phenols is 1. The fourth-order valence-corrected chi connectivity index (χ4v) is 1.04. The molecule has 0 aliphatic heterocycles. The summed E-state index contributed by atoms with van der Waals surface area (Å²) in [5, 5.41) is 9.19. The summed E-state index contributed by atoms with van der Waals surface area (Å²) in [6.45, 7) is 1.95. The third kappa shape index (κ3) is 1.40. The van der Waals surface area contributed by atoms with Gasteiger partial charge in [0.25, 0.3) is 0 Å². The minimum absolute atomic E-state index is 0.0688. The molecular formula is C9H10O2. The van der Waals surface area contributed by atoms with Crippen molar-refractivity contribution >= 4 is 6.29 Å². The van der Waals surface area contributed by atoms with Crippen LogP contribution in [-0.2, 0) is 6.42 Å². The summed E-state index contributed by atoms with van der Waals surface area (Å²) in [5.41, 5.74) is 1.30. The van der Waals surface area contributed by atoms with Gasteiger partial charge >= 0.3 is 0 Å². The lowest BCUT2D eigenvalue weighted by Gasteiger charge is -2.01. The summed E-state index contributed by atoms with van der Waals surface area (Å²) in [5.74, 6) is 0.0688. The zero-order valence-corrected chi connectivity index (χ0v) is 6.37. The Morgan fingerprint density at radius 3 is 2.73 bits per heavy atom. The Balaban J connectivity index is 3.24. The molecular weight excluding hydrogens is 140 g/mol. The van der Waals surface area contributed by atoms with Gasteiger partial charge in [-0.05, 0) is 18.1 Å². The maximum Gasteiger partial charge on any atom is 0.154 e. The number of carbonyl (C=O) groups excluding carboxylic acids is 1. The van der Waals surface area contributed by atoms with E-state index in [1.54, 1.807) is 6.07 Å². The lowest BCUT2D eigenvalue weighted by Crippen LogP contribution is -1.89. The number of hydrogen-bond donors (Lipinski definition) is 1. The van der Waals surface area contributed by atoms with Crippen molar-refractivity contribution in [1.82, 2.24) is 0 Å². The number of benzene rings is 1. The monoisotopic (exact) mass is 150 g/mol. The lowest BCUT2D eigenvalue weighted by atomic mass is 10.1. The predicted octanol–water partition coefficient (Wildman–Crippen LogP) is 1.77. The van der Waals surface area contributed by atoms with Gasteiger partial charge in [-0.3, -0.25) is 4.79 Å². The summed E-state index contributed by atoms with van der Waals surface area (Å²) in [4.78, 5) is 10.4. The van der Waals surface area contributed by atoms with E-state index in [1.165, 1.54) is 6.07 Å². The van der Waals surface area contributed by atoms with Crippen molar-refractivity contribution in [3.05, 3.63) is 29.3 Å². The molecule has 58 valence electrons. The quantitative estimate of drug-likeness (QED) is 0.652. The van der Waals surface area contributed by atoms with Crippen LogP contribution >= 0.6 is 0 Å². The van der Waals surface area contributed by atoms with Crippen molar-refractivity contribution in [2.24, 2.45) is 0 Å². The van der Waals surface area contributed by atoms with Crippen LogP contribution < -0.4 is 0 Å². The molecule has 0 atom stereocenters. The fraction of sp³-hybridized carbons (Fsp3) is 0.222. The standard InChI is InChI=1S/C9H10O2/c1-2-7-4-3-5-9(11)8(7)6-10/h3-6,11H,2H2,1H3. The Morgan fingerprint density at radius 1 is 1.55 bits per heavy atom. The van der Waals surface area contributed by atoms with E-state index in [2.05, 4.69) is 0 Å². The van der Waals surface area contributed by atoms with E-state index in [-0.39, 0.29) is 5.75 Å². The van der Waals surface area contributed by atoms with Gasteiger partial charge in [-0.15, -0.1) is 0 Å². The van der Waals surface area contributed by atoms with Crippen molar-refractivity contribution in [2.45, 2.75) is 13.3 Å². The van der Waals surface area contributed by atoms with Crippen LogP contribution in [0.1, 0.15) is 22.8 Å². The van der Waals surface area contributed by atoms with Crippen LogP contribution in [0, 0.1) is 0 Å². The highest BCUT2D eigenvalue weighted by molar-refractivity contribution is 5.81. The zero-order valence-electron chi connectivity index (χ0n) is 6.37. The Morgan fingerprint density at radius 2 is 2.27 bits per heavy atom. The van der Waals surface area contributed by atoms with Gasteiger partial charge in [0.2, 0.25) is 0 Å². The predicted molar refractivity (Wildman–Crippen MR) is 42.9 cm³/mol. The van der Waals surface area contributed by atoms with Gasteiger partial charge in [0.05, 0.1) is 5.56 Å². The van der Waals surface area contributed by atoms with Crippen LogP contribution in [0.4, 0.5) is 0 Å². The average molecular weight is 150 g/mol. The Bertz CT molecular complexity index is 266. The molecule has 2 heteroatoms. The highest BCUT2D eigenvalue weighted by Gasteiger charge is 2.03. The first-order chi connectivity index (χ1) is 5.29. The van der Waals surface area contributed by atoms with Gasteiger partial charge in [0.1, 0.15) is 5.75 Å². The molecule has 0 aromatic heterocycles. The van der Waals surface area contributed by atoms with Crippen LogP contribution in [0.2, 0.25) is 0 Å². The van der Waals surface area contributed by atoms with E-state index in [0.29, 0.717) is 11.8 Å². The van der Waals surface area contributed by atoms with E-state index in [0.717, 1.165) is 12.0 Å². The number of aromatic hydroxyl groups is 1. The van der Waals surface area contributed by atoms with Crippen molar-refractivity contribution in [3.63, 3.8) is 0 Å². The summed E-state index contributed by atoms with van der Waals surface area (Å²) in [7, 11) is 0. The molecule has 0 bridgehead atoms. The molecule has 0 aliphatic carbocycles. The van der Waals surface area contributed by atoms with E-state index in [1.807, 2.05) is 13.0 Å². The summed E-state index contributed by atoms with van der Waals surface area (Å²) in [6, 6.07) is 5.09. The molecule has 0 saturated carbocycles. The van der Waals surface area contributed by atoms with E-state index < -0.39 is 0 Å². The second-order valence-corrected chi connectivity index (χ2v) is 2.32. The highest BCUT2D eigenvalue weighted by atomic mass is 16.3. The molecule has 0 saturated heterocycles. The second-order valence-electron chi connectivity index (χ2n) is 2.32. The zero-order chi connectivity index (χ0) is 8.27. The molecule has 0 radical (unpaired) electrons. The number of carbonyl (C=O) groups is 1. The smallest absolute Gasteiger partial charge is 0.154 e. The van der Waals surface area contributed by atoms with Gasteiger partial charge in [-0.25, -0.2) is 0 Å². The third-order valence-corrected chi connectivity index (χ3v) is 1.67. The van der Waals surface area contributed by atoms with Crippen molar-refractivity contribution in [1.29, 1.82) is 0 Å². The first kappa shape index (κ1) is 7.79. The maximum absolute atomic E-state index is 10.4. The number of rotatable bonds is 2. The summed E-state index contributed by atoms with van der Waals surface area (Å²) in [6.07, 6.45) is 1.46. The average Bonchev–Trinajstić information content (AvgIpc) is 2.04. The largest absolute Gasteiger partial charge is 0.507 e. The molecule has 1 rings (SSSR count). The first-order valence-corrected chi connectivity index (χ1v) is 3.55. The summed E-state index contributed by atoms with van der Waals surface area (Å²) < 4.78 is 0. The molecule has 0 amide bonds. The molecule has 1 N–H and O–H groups in total. The lowest BCUT2D eigenvalue weighted by molar-refractivity contribution is 0.112. The first-order valence-electron chi connectivity index (χ1n) is 3.55. The molecule has 0 unspecified atom stereocenters. The molecule has 0 fully saturated rings. The molecule has 1 aromatic rings. The minimum atomic E-state index is 0.0688. The Kier molecular flexibility index (Phi) is 2.26. The van der Waals surface area contributed by atoms with Gasteiger partial charge in [-0.2, -0.15) is 0 Å². The topological polar surface area (TPSA) is 37.3 Å². The van der Waals surface area contributed by atoms with Crippen LogP contribution in [0.25, 0.3) is 0 Å². The van der Waals surface area contributed by atoms with Crippen molar-refractivity contribution < 1.29 is 9.90 Å². The molecule has 1 aromatic carbocycles. The van der Waals surface area contributed by atoms with E-state index in [9.17, 15) is 9.90 Å². The number of aryl methyl sites for hydroxylation is 1. The molecule has 0 aliphatic rings. The van der Waals surface area contributed by atoms with Gasteiger partial charge in [-0.1, -0.05) is 19.1 Å². The Labute approximate surface area is 65.5 Å². The van der Waals surface area contributed by atoms with Crippen LogP contribution in [0.15, 0.2) is 18.2 Å². The second kappa shape index (κ2) is 3.19. The van der Waals surface area contributed by atoms with Crippen LogP contribution in [0.3, 0.4) is 0 Å². The summed E-state index contributed by atoms with van der Waals surface area (Å²) >= 11 is 0. The SMILES string of the molecule is CCc1cccc(O)c1C=O. The maximum atomic E-state index is 10.4. The molecule has 0 spiro atoms. The van der Waals surface area contributed by atoms with Gasteiger partial charge in [0.15, 0.2) is 6.29 Å². The van der Waals surface area contributed by atoms with Crippen molar-refractivity contribution in [3.8, 4) is 5.75 Å². The third-order valence-electron chi connectivity index (χ3n) is 1.67. The van der Waals surface area contributed by atoms with Gasteiger partial charge in [0, 0.05) is 0 Å². The van der Waals surface area contributed by atoms with E-state index in [4.69, 9.17) is 0 Å². The van der Waals surface area contributed by atoms with Crippen LogP contribution in [0.5, 0.6) is 5.75 Å². The van der Waals surface area contributed by atoms with E-state index >= 15 is 0 Å². The fourth-order valence-electron chi connectivity index (χ4n) is 1.04. The molecule has 0 heterocycles.